The highest BCUT2D eigenvalue weighted by Crippen LogP contribution is 2.41. The van der Waals surface area contributed by atoms with Crippen molar-refractivity contribution < 1.29 is 32.4 Å². The lowest BCUT2D eigenvalue weighted by molar-refractivity contribution is -0.144. The maximum atomic E-state index is 15.0. The van der Waals surface area contributed by atoms with Gasteiger partial charge in [0.05, 0.1) is 22.1 Å². The zero-order chi connectivity index (χ0) is 38.8. The molecular formula is C40H67N5O7S. The lowest BCUT2D eigenvalue weighted by atomic mass is 9.70. The van der Waals surface area contributed by atoms with Gasteiger partial charge in [-0.25, -0.2) is 13.2 Å². The summed E-state index contributed by atoms with van der Waals surface area (Å²) in [6, 6.07) is -3.32. The van der Waals surface area contributed by atoms with Gasteiger partial charge in [0, 0.05) is 12.6 Å². The van der Waals surface area contributed by atoms with Gasteiger partial charge in [0.1, 0.15) is 12.1 Å². The SMILES string of the molecule is CC(C)[C@@H]1C[C@@H](C(=O)N[C@@H](CCC2CC2)C(=O)C(=O)NC2CC2)N(C(=O)[C@@H](NC(=O)NC2(CS(=O)(=O)C(C)(C)C)CCCCC2)C2(C)CCCCC2)C1. The maximum absolute atomic E-state index is 15.0. The Kier molecular flexibility index (Phi) is 13.0. The quantitative estimate of drug-likeness (QED) is 0.171. The number of amides is 5. The molecule has 5 aliphatic rings. The number of nitrogens with zero attached hydrogens (tertiary/aromatic N) is 1. The summed E-state index contributed by atoms with van der Waals surface area (Å²) in [7, 11) is -3.56. The van der Waals surface area contributed by atoms with E-state index in [1.165, 1.54) is 0 Å². The summed E-state index contributed by atoms with van der Waals surface area (Å²) in [4.78, 5) is 71.1. The molecule has 0 aromatic rings. The third-order valence-corrected chi connectivity index (χ3v) is 15.8. The number of hydrogen-bond acceptors (Lipinski definition) is 7. The first kappa shape index (κ1) is 41.5. The molecule has 0 bridgehead atoms. The summed E-state index contributed by atoms with van der Waals surface area (Å²) in [6.07, 6.45) is 13.3. The molecule has 0 spiro atoms. The molecule has 4 atom stereocenters. The van der Waals surface area contributed by atoms with Gasteiger partial charge in [0.25, 0.3) is 5.91 Å². The van der Waals surface area contributed by atoms with Gasteiger partial charge in [-0.2, -0.15) is 0 Å². The van der Waals surface area contributed by atoms with Crippen molar-refractivity contribution in [2.75, 3.05) is 12.3 Å². The van der Waals surface area contributed by atoms with Crippen molar-refractivity contribution in [3.05, 3.63) is 0 Å². The summed E-state index contributed by atoms with van der Waals surface area (Å²) in [5, 5.41) is 11.9. The summed E-state index contributed by atoms with van der Waals surface area (Å²) >= 11 is 0. The molecule has 0 unspecified atom stereocenters. The summed E-state index contributed by atoms with van der Waals surface area (Å²) in [6.45, 7) is 11.5. The standard InChI is InChI=1S/C40H67N5O7S/c1-26(2)28-23-31(34(47)42-30(18-15-27-13-14-27)32(46)35(48)41-29-16-17-29)45(24-28)36(49)33(39(6)19-9-7-10-20-39)43-37(50)44-40(21-11-8-12-22-40)25-53(51,52)38(3,4)5/h26-31,33H,7-25H2,1-6H3,(H,41,48)(H,42,47)(H2,43,44,50)/t28-,30+,31+,33-/m1/s1. The Morgan fingerprint density at radius 1 is 0.849 bits per heavy atom. The number of hydrogen-bond donors (Lipinski definition) is 4. The van der Waals surface area contributed by atoms with E-state index >= 15 is 0 Å². The van der Waals surface area contributed by atoms with Crippen LogP contribution in [-0.2, 0) is 29.0 Å². The Bertz CT molecular complexity index is 1470. The minimum Gasteiger partial charge on any atom is -0.347 e. The third kappa shape index (κ3) is 10.5. The van der Waals surface area contributed by atoms with E-state index in [1.54, 1.807) is 25.7 Å². The number of nitrogens with one attached hydrogen (secondary N) is 4. The summed E-state index contributed by atoms with van der Waals surface area (Å²) < 4.78 is 25.9. The Labute approximate surface area is 317 Å². The maximum Gasteiger partial charge on any atom is 0.315 e. The van der Waals surface area contributed by atoms with Crippen LogP contribution in [-0.4, -0.2) is 89.6 Å². The third-order valence-electron chi connectivity index (χ3n) is 13.0. The fourth-order valence-corrected chi connectivity index (χ4v) is 10.2. The molecule has 0 aromatic heterocycles. The van der Waals surface area contributed by atoms with Gasteiger partial charge in [-0.05, 0) is 102 Å². The Morgan fingerprint density at radius 2 is 1.45 bits per heavy atom. The molecule has 5 rings (SSSR count). The molecule has 300 valence electrons. The van der Waals surface area contributed by atoms with E-state index in [-0.39, 0.29) is 29.5 Å². The second kappa shape index (κ2) is 16.6. The lowest BCUT2D eigenvalue weighted by Gasteiger charge is -2.44. The van der Waals surface area contributed by atoms with E-state index < -0.39 is 67.3 Å². The predicted molar refractivity (Wildman–Crippen MR) is 205 cm³/mol. The minimum atomic E-state index is -3.56. The van der Waals surface area contributed by atoms with Crippen LogP contribution in [0.4, 0.5) is 4.79 Å². The monoisotopic (exact) mass is 761 g/mol. The van der Waals surface area contributed by atoms with E-state index in [0.29, 0.717) is 38.1 Å². The molecule has 5 amide bonds. The van der Waals surface area contributed by atoms with E-state index in [2.05, 4.69) is 35.1 Å². The summed E-state index contributed by atoms with van der Waals surface area (Å²) in [5.74, 6) is -1.56. The average molecular weight is 762 g/mol. The van der Waals surface area contributed by atoms with Crippen molar-refractivity contribution in [3.63, 3.8) is 0 Å². The zero-order valence-corrected chi connectivity index (χ0v) is 34.0. The topological polar surface area (TPSA) is 171 Å². The minimum absolute atomic E-state index is 0.0136. The van der Waals surface area contributed by atoms with Gasteiger partial charge in [-0.3, -0.25) is 19.2 Å². The van der Waals surface area contributed by atoms with Gasteiger partial charge in [-0.15, -0.1) is 0 Å². The molecule has 0 aromatic carbocycles. The normalized spacial score (nSPS) is 25.6. The molecule has 5 fully saturated rings. The molecule has 13 heteroatoms. The molecule has 4 aliphatic carbocycles. The smallest absolute Gasteiger partial charge is 0.315 e. The number of rotatable bonds is 15. The number of carbonyl (C=O) groups is 5. The average Bonchev–Trinajstić information content (AvgIpc) is 4.03. The Balaban J connectivity index is 1.38. The molecule has 4 saturated carbocycles. The first-order valence-corrected chi connectivity index (χ1v) is 22.2. The van der Waals surface area contributed by atoms with Crippen LogP contribution in [0.5, 0.6) is 0 Å². The van der Waals surface area contributed by atoms with Gasteiger partial charge < -0.3 is 26.2 Å². The van der Waals surface area contributed by atoms with E-state index in [1.807, 2.05) is 6.92 Å². The highest BCUT2D eigenvalue weighted by Gasteiger charge is 2.50. The molecule has 1 saturated heterocycles. The number of likely N-dealkylation sites (tertiary alicyclic amines) is 1. The van der Waals surface area contributed by atoms with Crippen molar-refractivity contribution >= 4 is 39.4 Å². The van der Waals surface area contributed by atoms with Crippen molar-refractivity contribution in [1.82, 2.24) is 26.2 Å². The van der Waals surface area contributed by atoms with Crippen LogP contribution in [0.15, 0.2) is 0 Å². The van der Waals surface area contributed by atoms with Crippen molar-refractivity contribution in [1.29, 1.82) is 0 Å². The van der Waals surface area contributed by atoms with Crippen molar-refractivity contribution in [2.24, 2.45) is 23.2 Å². The highest BCUT2D eigenvalue weighted by atomic mass is 32.2. The number of sulfone groups is 1. The number of carbonyl (C=O) groups excluding carboxylic acids is 5. The highest BCUT2D eigenvalue weighted by molar-refractivity contribution is 7.92. The van der Waals surface area contributed by atoms with Crippen LogP contribution >= 0.6 is 0 Å². The van der Waals surface area contributed by atoms with Crippen LogP contribution in [0.3, 0.4) is 0 Å². The Morgan fingerprint density at radius 3 is 2.00 bits per heavy atom. The second-order valence-electron chi connectivity index (χ2n) is 18.9. The van der Waals surface area contributed by atoms with Crippen LogP contribution in [0.1, 0.15) is 151 Å². The summed E-state index contributed by atoms with van der Waals surface area (Å²) in [5.41, 5.74) is -1.52. The molecule has 12 nitrogen and oxygen atoms in total. The van der Waals surface area contributed by atoms with Crippen molar-refractivity contribution in [2.45, 2.75) is 185 Å². The molecule has 4 N–H and O–H groups in total. The first-order chi connectivity index (χ1) is 24.8. The number of ketones is 1. The molecule has 1 aliphatic heterocycles. The Hall–Kier alpha value is -2.70. The fourth-order valence-electron chi connectivity index (χ4n) is 8.70. The molecule has 1 heterocycles. The zero-order valence-electron chi connectivity index (χ0n) is 33.2. The van der Waals surface area contributed by atoms with Crippen LogP contribution < -0.4 is 21.3 Å². The van der Waals surface area contributed by atoms with E-state index in [9.17, 15) is 32.4 Å². The molecular weight excluding hydrogens is 695 g/mol. The van der Waals surface area contributed by atoms with Crippen LogP contribution in [0, 0.1) is 23.2 Å². The van der Waals surface area contributed by atoms with Gasteiger partial charge in [0.2, 0.25) is 17.6 Å². The fraction of sp³-hybridized carbons (Fsp3) is 0.875. The van der Waals surface area contributed by atoms with E-state index in [4.69, 9.17) is 0 Å². The largest absolute Gasteiger partial charge is 0.347 e. The molecule has 0 radical (unpaired) electrons. The lowest BCUT2D eigenvalue weighted by Crippen LogP contribution is -2.64. The number of urea groups is 1. The molecule has 53 heavy (non-hydrogen) atoms. The predicted octanol–water partition coefficient (Wildman–Crippen LogP) is 4.94. The van der Waals surface area contributed by atoms with Crippen molar-refractivity contribution in [3.8, 4) is 0 Å². The second-order valence-corrected chi connectivity index (χ2v) is 21.6. The van der Waals surface area contributed by atoms with Gasteiger partial charge >= 0.3 is 6.03 Å². The van der Waals surface area contributed by atoms with Crippen LogP contribution in [0.25, 0.3) is 0 Å². The van der Waals surface area contributed by atoms with Gasteiger partial charge in [0.15, 0.2) is 9.84 Å². The van der Waals surface area contributed by atoms with E-state index in [0.717, 1.165) is 83.5 Å². The first-order valence-electron chi connectivity index (χ1n) is 20.6. The van der Waals surface area contributed by atoms with Crippen LogP contribution in [0.2, 0.25) is 0 Å². The number of Topliss-reactive ketones (excluding diaryl/α,β-unsaturated/α-hetero) is 1. The van der Waals surface area contributed by atoms with Gasteiger partial charge in [-0.1, -0.05) is 72.1 Å².